The number of aliphatic hydroxyl groups excluding tert-OH is 1. The number of aliphatic hydroxyl groups is 1. The van der Waals surface area contributed by atoms with Crippen molar-refractivity contribution in [3.8, 4) is 5.75 Å². The van der Waals surface area contributed by atoms with E-state index < -0.39 is 42.8 Å². The Bertz CT molecular complexity index is 1690. The molecule has 1 aliphatic rings. The normalized spacial score (nSPS) is 22.9. The first-order valence-electron chi connectivity index (χ1n) is 15.3. The van der Waals surface area contributed by atoms with Crippen molar-refractivity contribution in [3.63, 3.8) is 0 Å². The average Bonchev–Trinajstić information content (AvgIpc) is 3.25. The van der Waals surface area contributed by atoms with E-state index in [4.69, 9.17) is 36.1 Å². The highest BCUT2D eigenvalue weighted by Crippen LogP contribution is 2.49. The van der Waals surface area contributed by atoms with Crippen LogP contribution in [0.1, 0.15) is 34.6 Å². The van der Waals surface area contributed by atoms with E-state index >= 15 is 4.39 Å². The molecule has 1 saturated heterocycles. The predicted molar refractivity (Wildman–Crippen MR) is 190 cm³/mol. The number of nitrogen functional groups attached to an aromatic ring is 1. The van der Waals surface area contributed by atoms with Gasteiger partial charge in [0.1, 0.15) is 29.7 Å². The second kappa shape index (κ2) is 14.6. The van der Waals surface area contributed by atoms with E-state index in [1.807, 2.05) is 57.2 Å². The molecule has 0 radical (unpaired) electrons. The molecule has 16 heteroatoms. The first-order valence-corrected chi connectivity index (χ1v) is 17.9. The number of rotatable bonds is 13. The second-order valence-corrected chi connectivity index (χ2v) is 16.4. The number of carbonyl (C=O) groups is 1. The van der Waals surface area contributed by atoms with E-state index in [9.17, 15) is 9.90 Å². The monoisotopic (exact) mass is 705 g/mol. The predicted octanol–water partition coefficient (Wildman–Crippen LogP) is 4.75. The van der Waals surface area contributed by atoms with Crippen molar-refractivity contribution >= 4 is 65.2 Å². The Morgan fingerprint density at radius 1 is 1.23 bits per heavy atom. The Morgan fingerprint density at radius 2 is 1.88 bits per heavy atom. The zero-order valence-electron chi connectivity index (χ0n) is 28.5. The minimum Gasteiger partial charge on any atom is -0.464 e. The van der Waals surface area contributed by atoms with Crippen LogP contribution in [0.5, 0.6) is 5.75 Å². The van der Waals surface area contributed by atoms with Crippen molar-refractivity contribution in [1.29, 1.82) is 0 Å². The zero-order valence-corrected chi connectivity index (χ0v) is 30.2. The summed E-state index contributed by atoms with van der Waals surface area (Å²) < 4.78 is 40.5. The van der Waals surface area contributed by atoms with Crippen LogP contribution in [0.3, 0.4) is 0 Å². The third-order valence-electron chi connectivity index (χ3n) is 7.58. The van der Waals surface area contributed by atoms with E-state index in [1.165, 1.54) is 18.9 Å². The summed E-state index contributed by atoms with van der Waals surface area (Å²) in [6.07, 6.45) is -4.22. The number of nitrogens with two attached hydrogens (primary N) is 1. The van der Waals surface area contributed by atoms with Crippen molar-refractivity contribution < 1.29 is 32.8 Å². The Kier molecular flexibility index (Phi) is 11.3. The largest absolute Gasteiger partial charge is 0.464 e. The zero-order chi connectivity index (χ0) is 35.6. The third-order valence-corrected chi connectivity index (χ3v) is 10.1. The summed E-state index contributed by atoms with van der Waals surface area (Å²) in [5, 5.41) is 15.9. The van der Waals surface area contributed by atoms with Crippen LogP contribution in [0.2, 0.25) is 0 Å². The highest BCUT2D eigenvalue weighted by atomic mass is 32.5. The number of alkyl halides is 1. The summed E-state index contributed by atoms with van der Waals surface area (Å²) in [6, 6.07) is 12.1. The number of carbonyl (C=O) groups excluding carboxylic acids is 1. The molecule has 1 aromatic heterocycles. The van der Waals surface area contributed by atoms with Crippen molar-refractivity contribution in [2.24, 2.45) is 10.4 Å². The molecule has 6 atom stereocenters. The number of benzene rings is 2. The molecule has 4 rings (SSSR count). The molecule has 2 aromatic carbocycles. The number of nitrogens with one attached hydrogen (secondary N) is 1. The van der Waals surface area contributed by atoms with Crippen LogP contribution < -0.4 is 25.1 Å². The molecule has 13 nitrogen and oxygen atoms in total. The summed E-state index contributed by atoms with van der Waals surface area (Å²) in [5.74, 6) is 0.317. The standard InChI is InChI=1S/C32H45FN7O6PS/c1-19(28(42)43-18-31(2,3)4)38-47(48,46-22-16-12-14-20-13-10-11-15-21(20)22)44-17-23-25(41)32(5,33)29(45-23)40(9)27-24(35-6)26(39(7)8)36-30(34)37-27/h10-16,19,23,25,29,41H,6,17-18H2,1-5,7-9H3,(H,38,48)(H2,34,36,37)/t19-,23+,25+,29+,32+,47?/m0/s1. The minimum absolute atomic E-state index is 0.0700. The summed E-state index contributed by atoms with van der Waals surface area (Å²) in [6.45, 7) is 8.48. The van der Waals surface area contributed by atoms with Gasteiger partial charge in [0.15, 0.2) is 23.5 Å². The molecular weight excluding hydrogens is 660 g/mol. The lowest BCUT2D eigenvalue weighted by Crippen LogP contribution is -2.49. The van der Waals surface area contributed by atoms with Crippen LogP contribution in [0.15, 0.2) is 47.5 Å². The average molecular weight is 706 g/mol. The van der Waals surface area contributed by atoms with Gasteiger partial charge in [0.05, 0.1) is 13.2 Å². The quantitative estimate of drug-likeness (QED) is 0.127. The molecule has 3 aromatic rings. The molecular formula is C32H45FN7O6PS. The van der Waals surface area contributed by atoms with E-state index in [2.05, 4.69) is 26.8 Å². The van der Waals surface area contributed by atoms with Crippen LogP contribution in [0.4, 0.5) is 27.7 Å². The SMILES string of the molecule is C=Nc1c(N(C)C)nc(N)nc1N(C)[C@@H]1O[C@H](COP(=S)(N[C@@H](C)C(=O)OCC(C)(C)C)Oc2cccc3ccccc23)[C@@H](O)[C@@]1(C)F. The Labute approximate surface area is 285 Å². The van der Waals surface area contributed by atoms with Crippen LogP contribution >= 0.6 is 6.64 Å². The van der Waals surface area contributed by atoms with Gasteiger partial charge >= 0.3 is 12.6 Å². The van der Waals surface area contributed by atoms with E-state index in [0.717, 1.165) is 10.8 Å². The molecule has 2 heterocycles. The summed E-state index contributed by atoms with van der Waals surface area (Å²) in [5.41, 5.74) is 3.65. The minimum atomic E-state index is -3.59. The fourth-order valence-electron chi connectivity index (χ4n) is 5.11. The van der Waals surface area contributed by atoms with Crippen molar-refractivity contribution in [2.45, 2.75) is 64.8 Å². The molecule has 0 spiro atoms. The number of fused-ring (bicyclic) bond motifs is 1. The highest BCUT2D eigenvalue weighted by molar-refractivity contribution is 8.09. The fraction of sp³-hybridized carbons (Fsp3) is 0.500. The number of anilines is 3. The maximum atomic E-state index is 16.4. The van der Waals surface area contributed by atoms with Gasteiger partial charge in [-0.05, 0) is 49.2 Å². The van der Waals surface area contributed by atoms with Crippen molar-refractivity contribution in [2.75, 3.05) is 49.9 Å². The summed E-state index contributed by atoms with van der Waals surface area (Å²) in [7, 11) is 5.02. The van der Waals surface area contributed by atoms with Gasteiger partial charge in [0.25, 0.3) is 0 Å². The first-order chi connectivity index (χ1) is 22.4. The molecule has 4 N–H and O–H groups in total. The van der Waals surface area contributed by atoms with Crippen LogP contribution in [0, 0.1) is 5.41 Å². The summed E-state index contributed by atoms with van der Waals surface area (Å²) in [4.78, 5) is 28.5. The van der Waals surface area contributed by atoms with E-state index in [-0.39, 0.29) is 36.1 Å². The Balaban J connectivity index is 1.61. The number of ether oxygens (including phenoxy) is 2. The highest BCUT2D eigenvalue weighted by Gasteiger charge is 2.56. The molecule has 48 heavy (non-hydrogen) atoms. The number of aromatic nitrogens is 2. The topological polar surface area (TPSA) is 157 Å². The first kappa shape index (κ1) is 37.4. The van der Waals surface area contributed by atoms with Crippen LogP contribution in [-0.4, -0.2) is 92.3 Å². The Hall–Kier alpha value is -3.46. The van der Waals surface area contributed by atoms with Crippen LogP contribution in [-0.2, 0) is 30.6 Å². The lowest BCUT2D eigenvalue weighted by molar-refractivity contribution is -0.148. The molecule has 1 unspecified atom stereocenters. The number of aliphatic imine (C=N–C) groups is 1. The van der Waals surface area contributed by atoms with Gasteiger partial charge in [0.2, 0.25) is 5.95 Å². The number of hydrogen-bond acceptors (Lipinski definition) is 13. The molecule has 1 fully saturated rings. The smallest absolute Gasteiger partial charge is 0.323 e. The molecule has 0 saturated carbocycles. The lowest BCUT2D eigenvalue weighted by atomic mass is 9.98. The van der Waals surface area contributed by atoms with Gasteiger partial charge in [-0.3, -0.25) is 9.79 Å². The van der Waals surface area contributed by atoms with Gasteiger partial charge in [-0.1, -0.05) is 57.2 Å². The second-order valence-electron chi connectivity index (χ2n) is 13.2. The molecule has 262 valence electrons. The molecule has 0 bridgehead atoms. The number of nitrogens with zero attached hydrogens (tertiary/aromatic N) is 5. The fourth-order valence-corrected chi connectivity index (χ4v) is 7.53. The van der Waals surface area contributed by atoms with Crippen LogP contribution in [0.25, 0.3) is 10.8 Å². The van der Waals surface area contributed by atoms with E-state index in [1.54, 1.807) is 32.0 Å². The van der Waals surface area contributed by atoms with E-state index in [0.29, 0.717) is 11.6 Å². The molecule has 0 amide bonds. The number of hydrogen-bond donors (Lipinski definition) is 3. The lowest BCUT2D eigenvalue weighted by Gasteiger charge is -2.33. The van der Waals surface area contributed by atoms with Gasteiger partial charge in [-0.15, -0.1) is 0 Å². The van der Waals surface area contributed by atoms with Crippen molar-refractivity contribution in [3.05, 3.63) is 42.5 Å². The maximum absolute atomic E-state index is 16.4. The van der Waals surface area contributed by atoms with Gasteiger partial charge < -0.3 is 39.2 Å². The van der Waals surface area contributed by atoms with Crippen molar-refractivity contribution in [1.82, 2.24) is 15.1 Å². The molecule has 0 aliphatic carbocycles. The maximum Gasteiger partial charge on any atom is 0.323 e. The van der Waals surface area contributed by atoms with Gasteiger partial charge in [-0.2, -0.15) is 9.97 Å². The number of halogens is 1. The molecule has 1 aliphatic heterocycles. The summed E-state index contributed by atoms with van der Waals surface area (Å²) >= 11 is 5.93. The Morgan fingerprint density at radius 3 is 2.52 bits per heavy atom. The number of esters is 1. The van der Waals surface area contributed by atoms with Gasteiger partial charge in [0, 0.05) is 26.5 Å². The third kappa shape index (κ3) is 8.39. The van der Waals surface area contributed by atoms with Gasteiger partial charge in [-0.25, -0.2) is 9.48 Å².